The Morgan fingerprint density at radius 1 is 1.44 bits per heavy atom. The maximum Gasteiger partial charge on any atom is 0.285 e. The standard InChI is InChI=1S/C9H10ClF2NO2S/c1-16(14,15)8-3-2-6(4-7(8)10)9(11,12)5-13/h2-4H,5,13H2,1H3. The number of sulfone groups is 1. The first kappa shape index (κ1) is 13.3. The van der Waals surface area contributed by atoms with Crippen LogP contribution in [0.5, 0.6) is 0 Å². The van der Waals surface area contributed by atoms with E-state index in [1.54, 1.807) is 0 Å². The third kappa shape index (κ3) is 2.69. The predicted octanol–water partition coefficient (Wildman–Crippen LogP) is 1.79. The molecule has 0 amide bonds. The van der Waals surface area contributed by atoms with Crippen LogP contribution in [0.4, 0.5) is 8.78 Å². The molecule has 0 aliphatic heterocycles. The van der Waals surface area contributed by atoms with Crippen molar-refractivity contribution in [3.8, 4) is 0 Å². The fourth-order valence-electron chi connectivity index (χ4n) is 1.15. The van der Waals surface area contributed by atoms with Crippen LogP contribution in [0.2, 0.25) is 5.02 Å². The molecular formula is C9H10ClF2NO2S. The van der Waals surface area contributed by atoms with Gasteiger partial charge in [0.05, 0.1) is 16.5 Å². The molecule has 7 heteroatoms. The molecule has 1 rings (SSSR count). The van der Waals surface area contributed by atoms with Crippen molar-refractivity contribution in [2.24, 2.45) is 5.73 Å². The van der Waals surface area contributed by atoms with E-state index in [1.807, 2.05) is 0 Å². The van der Waals surface area contributed by atoms with E-state index in [2.05, 4.69) is 0 Å². The Hall–Kier alpha value is -0.720. The van der Waals surface area contributed by atoms with Crippen molar-refractivity contribution in [3.63, 3.8) is 0 Å². The number of halogens is 3. The van der Waals surface area contributed by atoms with Gasteiger partial charge in [-0.1, -0.05) is 17.7 Å². The number of hydrogen-bond acceptors (Lipinski definition) is 3. The topological polar surface area (TPSA) is 60.2 Å². The highest BCUT2D eigenvalue weighted by atomic mass is 35.5. The molecule has 1 aromatic rings. The third-order valence-electron chi connectivity index (χ3n) is 2.01. The Morgan fingerprint density at radius 3 is 2.38 bits per heavy atom. The molecule has 0 aromatic heterocycles. The monoisotopic (exact) mass is 269 g/mol. The zero-order valence-corrected chi connectivity index (χ0v) is 9.95. The molecule has 90 valence electrons. The van der Waals surface area contributed by atoms with Crippen LogP contribution in [0.15, 0.2) is 23.1 Å². The first-order valence-electron chi connectivity index (χ1n) is 4.26. The molecule has 0 atom stereocenters. The molecule has 0 saturated carbocycles. The molecule has 0 unspecified atom stereocenters. The molecular weight excluding hydrogens is 260 g/mol. The fourth-order valence-corrected chi connectivity index (χ4v) is 2.48. The summed E-state index contributed by atoms with van der Waals surface area (Å²) in [6, 6.07) is 2.98. The number of alkyl halides is 2. The molecule has 0 aliphatic rings. The number of nitrogens with two attached hydrogens (primary N) is 1. The molecule has 0 bridgehead atoms. The average molecular weight is 270 g/mol. The van der Waals surface area contributed by atoms with Crippen LogP contribution in [0.25, 0.3) is 0 Å². The molecule has 16 heavy (non-hydrogen) atoms. The van der Waals surface area contributed by atoms with Gasteiger partial charge in [0.15, 0.2) is 9.84 Å². The van der Waals surface area contributed by atoms with Gasteiger partial charge in [-0.2, -0.15) is 8.78 Å². The predicted molar refractivity (Wildman–Crippen MR) is 57.5 cm³/mol. The van der Waals surface area contributed by atoms with Crippen molar-refractivity contribution in [2.75, 3.05) is 12.8 Å². The molecule has 1 aromatic carbocycles. The van der Waals surface area contributed by atoms with Crippen LogP contribution in [-0.2, 0) is 15.8 Å². The lowest BCUT2D eigenvalue weighted by Crippen LogP contribution is -2.25. The summed E-state index contributed by atoms with van der Waals surface area (Å²) in [6.45, 7) is -0.860. The maximum atomic E-state index is 13.2. The highest BCUT2D eigenvalue weighted by Gasteiger charge is 2.30. The Labute approximate surface area is 97.1 Å². The van der Waals surface area contributed by atoms with E-state index in [4.69, 9.17) is 17.3 Å². The zero-order valence-electron chi connectivity index (χ0n) is 8.38. The largest absolute Gasteiger partial charge is 0.325 e. The molecule has 2 N–H and O–H groups in total. The molecule has 0 aliphatic carbocycles. The summed E-state index contributed by atoms with van der Waals surface area (Å²) in [5, 5.41) is -0.229. The van der Waals surface area contributed by atoms with Crippen LogP contribution in [0.1, 0.15) is 5.56 Å². The van der Waals surface area contributed by atoms with Gasteiger partial charge in [-0.25, -0.2) is 8.42 Å². The van der Waals surface area contributed by atoms with E-state index in [0.717, 1.165) is 24.5 Å². The first-order chi connectivity index (χ1) is 7.18. The van der Waals surface area contributed by atoms with Crippen molar-refractivity contribution in [1.29, 1.82) is 0 Å². The Bertz CT molecular complexity index is 502. The summed E-state index contributed by atoms with van der Waals surface area (Å²) in [6.07, 6.45) is 0.953. The van der Waals surface area contributed by atoms with Crippen molar-refractivity contribution in [1.82, 2.24) is 0 Å². The Balaban J connectivity index is 3.30. The molecule has 0 saturated heterocycles. The fraction of sp³-hybridized carbons (Fsp3) is 0.333. The van der Waals surface area contributed by atoms with Gasteiger partial charge in [0.25, 0.3) is 5.92 Å². The van der Waals surface area contributed by atoms with Gasteiger partial charge < -0.3 is 5.73 Å². The number of rotatable bonds is 3. The second kappa shape index (κ2) is 4.27. The van der Waals surface area contributed by atoms with E-state index in [-0.39, 0.29) is 9.92 Å². The lowest BCUT2D eigenvalue weighted by atomic mass is 10.1. The molecule has 0 spiro atoms. The minimum absolute atomic E-state index is 0.175. The molecule has 0 fully saturated rings. The highest BCUT2D eigenvalue weighted by molar-refractivity contribution is 7.90. The highest BCUT2D eigenvalue weighted by Crippen LogP contribution is 2.31. The van der Waals surface area contributed by atoms with Gasteiger partial charge in [0, 0.05) is 11.8 Å². The van der Waals surface area contributed by atoms with Gasteiger partial charge in [0.2, 0.25) is 0 Å². The average Bonchev–Trinajstić information content (AvgIpc) is 2.15. The minimum Gasteiger partial charge on any atom is -0.325 e. The van der Waals surface area contributed by atoms with Gasteiger partial charge in [-0.05, 0) is 12.1 Å². The van der Waals surface area contributed by atoms with Crippen molar-refractivity contribution < 1.29 is 17.2 Å². The second-order valence-electron chi connectivity index (χ2n) is 3.33. The van der Waals surface area contributed by atoms with Gasteiger partial charge in [-0.3, -0.25) is 0 Å². The summed E-state index contributed by atoms with van der Waals surface area (Å²) in [5.74, 6) is -3.21. The summed E-state index contributed by atoms with van der Waals surface area (Å²) in [7, 11) is -3.51. The lowest BCUT2D eigenvalue weighted by molar-refractivity contribution is 0.00590. The molecule has 3 nitrogen and oxygen atoms in total. The van der Waals surface area contributed by atoms with Crippen molar-refractivity contribution >= 4 is 21.4 Å². The molecule has 0 heterocycles. The van der Waals surface area contributed by atoms with Crippen LogP contribution in [-0.4, -0.2) is 21.2 Å². The molecule has 0 radical (unpaired) electrons. The SMILES string of the molecule is CS(=O)(=O)c1ccc(C(F)(F)CN)cc1Cl. The van der Waals surface area contributed by atoms with Gasteiger partial charge in [-0.15, -0.1) is 0 Å². The van der Waals surface area contributed by atoms with Crippen molar-refractivity contribution in [3.05, 3.63) is 28.8 Å². The summed E-state index contributed by atoms with van der Waals surface area (Å²) >= 11 is 5.62. The van der Waals surface area contributed by atoms with Crippen LogP contribution in [0, 0.1) is 0 Å². The number of benzene rings is 1. The normalized spacial score (nSPS) is 12.8. The Kier molecular flexibility index (Phi) is 3.56. The van der Waals surface area contributed by atoms with E-state index in [1.165, 1.54) is 0 Å². The van der Waals surface area contributed by atoms with Crippen LogP contribution >= 0.6 is 11.6 Å². The quantitative estimate of drug-likeness (QED) is 0.910. The third-order valence-corrected chi connectivity index (χ3v) is 3.59. The van der Waals surface area contributed by atoms with Gasteiger partial charge in [0.1, 0.15) is 0 Å². The number of hydrogen-bond donors (Lipinski definition) is 1. The van der Waals surface area contributed by atoms with E-state index < -0.39 is 27.9 Å². The van der Waals surface area contributed by atoms with E-state index in [0.29, 0.717) is 0 Å². The van der Waals surface area contributed by atoms with Gasteiger partial charge >= 0.3 is 0 Å². The minimum atomic E-state index is -3.51. The Morgan fingerprint density at radius 2 is 2.00 bits per heavy atom. The van der Waals surface area contributed by atoms with E-state index in [9.17, 15) is 17.2 Å². The first-order valence-corrected chi connectivity index (χ1v) is 6.53. The van der Waals surface area contributed by atoms with Crippen LogP contribution < -0.4 is 5.73 Å². The summed E-state index contributed by atoms with van der Waals surface area (Å²) in [4.78, 5) is -0.175. The second-order valence-corrected chi connectivity index (χ2v) is 5.72. The van der Waals surface area contributed by atoms with Crippen LogP contribution in [0.3, 0.4) is 0 Å². The summed E-state index contributed by atoms with van der Waals surface area (Å²) in [5.41, 5.74) is 4.50. The van der Waals surface area contributed by atoms with Crippen molar-refractivity contribution in [2.45, 2.75) is 10.8 Å². The smallest absolute Gasteiger partial charge is 0.285 e. The maximum absolute atomic E-state index is 13.2. The zero-order chi connectivity index (χ0) is 12.6. The summed E-state index contributed by atoms with van der Waals surface area (Å²) < 4.78 is 48.7. The lowest BCUT2D eigenvalue weighted by Gasteiger charge is -2.15. The van der Waals surface area contributed by atoms with E-state index >= 15 is 0 Å².